The molecule has 0 saturated heterocycles. The van der Waals surface area contributed by atoms with Gasteiger partial charge in [0.25, 0.3) is 0 Å². The standard InChI is InChI=1S/C13H19NO2S/c1-17(15,16)11-7-8-12(13(14)9-11)10-5-3-2-4-6-10/h7-10H,2-6,14H2,1H3. The molecule has 1 aliphatic carbocycles. The molecule has 2 N–H and O–H groups in total. The largest absolute Gasteiger partial charge is 0.398 e. The summed E-state index contributed by atoms with van der Waals surface area (Å²) in [6.07, 6.45) is 7.35. The Morgan fingerprint density at radius 3 is 2.35 bits per heavy atom. The summed E-state index contributed by atoms with van der Waals surface area (Å²) in [6.45, 7) is 0. The van der Waals surface area contributed by atoms with E-state index >= 15 is 0 Å². The second-order valence-corrected chi connectivity index (χ2v) is 6.91. The maximum absolute atomic E-state index is 11.4. The first-order valence-electron chi connectivity index (χ1n) is 6.08. The summed E-state index contributed by atoms with van der Waals surface area (Å²) >= 11 is 0. The predicted molar refractivity (Wildman–Crippen MR) is 69.8 cm³/mol. The summed E-state index contributed by atoms with van der Waals surface area (Å²) in [5.41, 5.74) is 7.73. The predicted octanol–water partition coefficient (Wildman–Crippen LogP) is 2.72. The van der Waals surface area contributed by atoms with E-state index < -0.39 is 9.84 Å². The molecule has 4 heteroatoms. The molecule has 3 nitrogen and oxygen atoms in total. The molecule has 1 aromatic carbocycles. The van der Waals surface area contributed by atoms with Gasteiger partial charge < -0.3 is 5.73 Å². The molecule has 17 heavy (non-hydrogen) atoms. The zero-order valence-electron chi connectivity index (χ0n) is 10.1. The van der Waals surface area contributed by atoms with Crippen molar-refractivity contribution in [3.05, 3.63) is 23.8 Å². The lowest BCUT2D eigenvalue weighted by atomic mass is 9.83. The number of nitrogens with two attached hydrogens (primary N) is 1. The molecular weight excluding hydrogens is 234 g/mol. The van der Waals surface area contributed by atoms with E-state index in [1.165, 1.54) is 38.4 Å². The molecule has 0 bridgehead atoms. The fourth-order valence-corrected chi connectivity index (χ4v) is 3.23. The molecule has 0 unspecified atom stereocenters. The van der Waals surface area contributed by atoms with E-state index in [2.05, 4.69) is 0 Å². The molecule has 1 aromatic rings. The summed E-state index contributed by atoms with van der Waals surface area (Å²) in [5, 5.41) is 0. The average Bonchev–Trinajstić information content (AvgIpc) is 2.29. The van der Waals surface area contributed by atoms with E-state index in [-0.39, 0.29) is 0 Å². The van der Waals surface area contributed by atoms with Gasteiger partial charge in [0.2, 0.25) is 0 Å². The fourth-order valence-electron chi connectivity index (χ4n) is 2.57. The van der Waals surface area contributed by atoms with Crippen LogP contribution in [0.25, 0.3) is 0 Å². The lowest BCUT2D eigenvalue weighted by molar-refractivity contribution is 0.444. The summed E-state index contributed by atoms with van der Waals surface area (Å²) in [6, 6.07) is 5.16. The van der Waals surface area contributed by atoms with Crippen molar-refractivity contribution >= 4 is 15.5 Å². The third-order valence-electron chi connectivity index (χ3n) is 3.53. The van der Waals surface area contributed by atoms with Crippen LogP contribution in [0.4, 0.5) is 5.69 Å². The van der Waals surface area contributed by atoms with Gasteiger partial charge in [-0.05, 0) is 36.5 Å². The molecule has 0 aliphatic heterocycles. The number of nitrogen functional groups attached to an aromatic ring is 1. The van der Waals surface area contributed by atoms with Gasteiger partial charge >= 0.3 is 0 Å². The molecule has 0 heterocycles. The Bertz CT molecular complexity index is 502. The van der Waals surface area contributed by atoms with Gasteiger partial charge in [-0.1, -0.05) is 25.3 Å². The van der Waals surface area contributed by atoms with Crippen LogP contribution in [0.2, 0.25) is 0 Å². The number of anilines is 1. The van der Waals surface area contributed by atoms with Crippen molar-refractivity contribution in [3.8, 4) is 0 Å². The first-order valence-corrected chi connectivity index (χ1v) is 7.97. The van der Waals surface area contributed by atoms with Crippen LogP contribution >= 0.6 is 0 Å². The third-order valence-corrected chi connectivity index (χ3v) is 4.64. The highest BCUT2D eigenvalue weighted by molar-refractivity contribution is 7.90. The van der Waals surface area contributed by atoms with Crippen LogP contribution in [0.5, 0.6) is 0 Å². The van der Waals surface area contributed by atoms with Gasteiger partial charge in [0, 0.05) is 11.9 Å². The molecule has 1 saturated carbocycles. The molecule has 0 atom stereocenters. The van der Waals surface area contributed by atoms with E-state index in [1.807, 2.05) is 6.07 Å². The Hall–Kier alpha value is -1.03. The summed E-state index contributed by atoms with van der Waals surface area (Å²) in [4.78, 5) is 0.314. The summed E-state index contributed by atoms with van der Waals surface area (Å²) in [5.74, 6) is 0.511. The van der Waals surface area contributed by atoms with Gasteiger partial charge in [0.15, 0.2) is 9.84 Å². The minimum Gasteiger partial charge on any atom is -0.398 e. The maximum atomic E-state index is 11.4. The zero-order chi connectivity index (χ0) is 12.5. The van der Waals surface area contributed by atoms with Crippen LogP contribution in [0, 0.1) is 0 Å². The molecular formula is C13H19NO2S. The minimum atomic E-state index is -3.15. The summed E-state index contributed by atoms with van der Waals surface area (Å²) in [7, 11) is -3.15. The maximum Gasteiger partial charge on any atom is 0.175 e. The van der Waals surface area contributed by atoms with Gasteiger partial charge in [-0.25, -0.2) is 8.42 Å². The summed E-state index contributed by atoms with van der Waals surface area (Å²) < 4.78 is 22.8. The molecule has 2 rings (SSSR count). The monoisotopic (exact) mass is 253 g/mol. The van der Waals surface area contributed by atoms with Crippen LogP contribution < -0.4 is 5.73 Å². The fraction of sp³-hybridized carbons (Fsp3) is 0.538. The number of benzene rings is 1. The minimum absolute atomic E-state index is 0.314. The van der Waals surface area contributed by atoms with Gasteiger partial charge in [0.1, 0.15) is 0 Å². The molecule has 1 aliphatic rings. The van der Waals surface area contributed by atoms with E-state index in [0.717, 1.165) is 5.56 Å². The van der Waals surface area contributed by atoms with Gasteiger partial charge in [-0.15, -0.1) is 0 Å². The Morgan fingerprint density at radius 2 is 1.82 bits per heavy atom. The van der Waals surface area contributed by atoms with Crippen LogP contribution in [0.1, 0.15) is 43.6 Å². The van der Waals surface area contributed by atoms with Gasteiger partial charge in [0.05, 0.1) is 4.90 Å². The van der Waals surface area contributed by atoms with Crippen molar-refractivity contribution in [3.63, 3.8) is 0 Å². The van der Waals surface area contributed by atoms with E-state index in [9.17, 15) is 8.42 Å². The molecule has 0 radical (unpaired) electrons. The lowest BCUT2D eigenvalue weighted by Gasteiger charge is -2.23. The second kappa shape index (κ2) is 4.69. The average molecular weight is 253 g/mol. The van der Waals surface area contributed by atoms with Crippen molar-refractivity contribution in [2.75, 3.05) is 12.0 Å². The van der Waals surface area contributed by atoms with Gasteiger partial charge in [-0.3, -0.25) is 0 Å². The first kappa shape index (κ1) is 12.4. The Labute approximate surface area is 103 Å². The van der Waals surface area contributed by atoms with Crippen molar-refractivity contribution in [2.45, 2.75) is 42.9 Å². The SMILES string of the molecule is CS(=O)(=O)c1ccc(C2CCCCC2)c(N)c1. The zero-order valence-corrected chi connectivity index (χ0v) is 11.0. The Kier molecular flexibility index (Phi) is 3.43. The third kappa shape index (κ3) is 2.80. The normalized spacial score (nSPS) is 18.2. The van der Waals surface area contributed by atoms with Gasteiger partial charge in [-0.2, -0.15) is 0 Å². The molecule has 0 spiro atoms. The first-order chi connectivity index (χ1) is 7.98. The number of hydrogen-bond donors (Lipinski definition) is 1. The Balaban J connectivity index is 2.31. The molecule has 1 fully saturated rings. The topological polar surface area (TPSA) is 60.2 Å². The molecule has 0 aromatic heterocycles. The van der Waals surface area contributed by atoms with Crippen molar-refractivity contribution in [1.29, 1.82) is 0 Å². The van der Waals surface area contributed by atoms with E-state index in [4.69, 9.17) is 5.73 Å². The van der Waals surface area contributed by atoms with E-state index in [0.29, 0.717) is 16.5 Å². The van der Waals surface area contributed by atoms with Crippen LogP contribution in [0.3, 0.4) is 0 Å². The molecule has 94 valence electrons. The highest BCUT2D eigenvalue weighted by Gasteiger charge is 2.19. The van der Waals surface area contributed by atoms with Crippen molar-refractivity contribution in [1.82, 2.24) is 0 Å². The number of sulfone groups is 1. The van der Waals surface area contributed by atoms with Crippen LogP contribution in [-0.4, -0.2) is 14.7 Å². The smallest absolute Gasteiger partial charge is 0.175 e. The van der Waals surface area contributed by atoms with E-state index in [1.54, 1.807) is 12.1 Å². The highest BCUT2D eigenvalue weighted by atomic mass is 32.2. The number of rotatable bonds is 2. The Morgan fingerprint density at radius 1 is 1.18 bits per heavy atom. The second-order valence-electron chi connectivity index (χ2n) is 4.90. The van der Waals surface area contributed by atoms with Crippen LogP contribution in [-0.2, 0) is 9.84 Å². The van der Waals surface area contributed by atoms with Crippen LogP contribution in [0.15, 0.2) is 23.1 Å². The van der Waals surface area contributed by atoms with Crippen molar-refractivity contribution in [2.24, 2.45) is 0 Å². The lowest BCUT2D eigenvalue weighted by Crippen LogP contribution is -2.08. The number of hydrogen-bond acceptors (Lipinski definition) is 3. The molecule has 0 amide bonds. The highest BCUT2D eigenvalue weighted by Crippen LogP contribution is 2.36. The quantitative estimate of drug-likeness (QED) is 0.824. The van der Waals surface area contributed by atoms with Crippen molar-refractivity contribution < 1.29 is 8.42 Å².